The third-order valence-corrected chi connectivity index (χ3v) is 3.33. The summed E-state index contributed by atoms with van der Waals surface area (Å²) in [5.41, 5.74) is 0.776. The number of benzene rings is 1. The van der Waals surface area contributed by atoms with Crippen LogP contribution in [0.3, 0.4) is 0 Å². The van der Waals surface area contributed by atoms with Crippen molar-refractivity contribution in [2.24, 2.45) is 0 Å². The highest BCUT2D eigenvalue weighted by atomic mass is 19.1. The summed E-state index contributed by atoms with van der Waals surface area (Å²) in [5.74, 6) is -2.28. The van der Waals surface area contributed by atoms with Crippen LogP contribution in [0.1, 0.15) is 12.0 Å². The molecule has 2 rings (SSSR count). The molecule has 1 saturated heterocycles. The van der Waals surface area contributed by atoms with Gasteiger partial charge >= 0.3 is 5.97 Å². The fourth-order valence-electron chi connectivity index (χ4n) is 2.17. The Hall–Kier alpha value is -2.44. The van der Waals surface area contributed by atoms with E-state index in [4.69, 9.17) is 5.11 Å². The highest BCUT2D eigenvalue weighted by Gasteiger charge is 2.34. The number of carbonyl (C=O) groups excluding carboxylic acids is 2. The van der Waals surface area contributed by atoms with E-state index in [0.29, 0.717) is 6.42 Å². The monoisotopic (exact) mass is 294 g/mol. The van der Waals surface area contributed by atoms with Crippen molar-refractivity contribution in [1.82, 2.24) is 10.2 Å². The molecule has 6 nitrogen and oxygen atoms in total. The molecule has 2 amide bonds. The predicted octanol–water partition coefficient (Wildman–Crippen LogP) is 0.170. The Bertz CT molecular complexity index is 559. The fraction of sp³-hybridized carbons (Fsp3) is 0.357. The van der Waals surface area contributed by atoms with Crippen molar-refractivity contribution in [1.29, 1.82) is 0 Å². The van der Waals surface area contributed by atoms with Gasteiger partial charge < -0.3 is 15.3 Å². The zero-order valence-corrected chi connectivity index (χ0v) is 11.2. The Morgan fingerprint density at radius 2 is 2.00 bits per heavy atom. The van der Waals surface area contributed by atoms with E-state index < -0.39 is 17.9 Å². The van der Waals surface area contributed by atoms with Crippen molar-refractivity contribution in [3.63, 3.8) is 0 Å². The summed E-state index contributed by atoms with van der Waals surface area (Å²) < 4.78 is 12.8. The number of carboxylic acids is 1. The topological polar surface area (TPSA) is 86.7 Å². The van der Waals surface area contributed by atoms with E-state index in [1.165, 1.54) is 12.1 Å². The predicted molar refractivity (Wildman–Crippen MR) is 70.9 cm³/mol. The molecule has 0 bridgehead atoms. The van der Waals surface area contributed by atoms with Gasteiger partial charge in [0.1, 0.15) is 18.4 Å². The first-order valence-electron chi connectivity index (χ1n) is 6.51. The van der Waals surface area contributed by atoms with Gasteiger partial charge in [0.15, 0.2) is 0 Å². The molecule has 1 aliphatic heterocycles. The van der Waals surface area contributed by atoms with Crippen LogP contribution in [0.4, 0.5) is 4.39 Å². The molecule has 1 unspecified atom stereocenters. The molecule has 2 N–H and O–H groups in total. The van der Waals surface area contributed by atoms with E-state index in [2.05, 4.69) is 5.32 Å². The molecular weight excluding hydrogens is 279 g/mol. The Kier molecular flexibility index (Phi) is 4.52. The molecule has 1 fully saturated rings. The lowest BCUT2D eigenvalue weighted by molar-refractivity contribution is -0.154. The minimum Gasteiger partial charge on any atom is -0.480 e. The summed E-state index contributed by atoms with van der Waals surface area (Å²) in [7, 11) is 0. The molecule has 1 aromatic carbocycles. The van der Waals surface area contributed by atoms with Crippen LogP contribution < -0.4 is 5.32 Å². The molecular formula is C14H15FN2O4. The first-order chi connectivity index (χ1) is 9.97. The number of amides is 2. The Morgan fingerprint density at radius 1 is 1.33 bits per heavy atom. The first-order valence-corrected chi connectivity index (χ1v) is 6.51. The number of hydrogen-bond acceptors (Lipinski definition) is 3. The minimum absolute atomic E-state index is 0.0721. The average Bonchev–Trinajstić information content (AvgIpc) is 2.46. The second kappa shape index (κ2) is 6.34. The van der Waals surface area contributed by atoms with Crippen molar-refractivity contribution < 1.29 is 23.9 Å². The summed E-state index contributed by atoms with van der Waals surface area (Å²) >= 11 is 0. The quantitative estimate of drug-likeness (QED) is 0.829. The third-order valence-electron chi connectivity index (χ3n) is 3.33. The Labute approximate surface area is 120 Å². The zero-order valence-electron chi connectivity index (χ0n) is 11.2. The highest BCUT2D eigenvalue weighted by Crippen LogP contribution is 2.11. The van der Waals surface area contributed by atoms with E-state index >= 15 is 0 Å². The summed E-state index contributed by atoms with van der Waals surface area (Å²) in [6.45, 7) is -0.338. The van der Waals surface area contributed by atoms with Crippen LogP contribution >= 0.6 is 0 Å². The smallest absolute Gasteiger partial charge is 0.328 e. The van der Waals surface area contributed by atoms with Crippen molar-refractivity contribution in [2.45, 2.75) is 18.9 Å². The van der Waals surface area contributed by atoms with Crippen LogP contribution in [0.25, 0.3) is 0 Å². The van der Waals surface area contributed by atoms with Gasteiger partial charge in [0.2, 0.25) is 11.8 Å². The normalized spacial score (nSPS) is 18.2. The molecule has 7 heteroatoms. The van der Waals surface area contributed by atoms with Gasteiger partial charge in [-0.3, -0.25) is 9.59 Å². The lowest BCUT2D eigenvalue weighted by atomic mass is 10.1. The number of carbonyl (C=O) groups is 3. The van der Waals surface area contributed by atoms with Crippen molar-refractivity contribution >= 4 is 17.8 Å². The largest absolute Gasteiger partial charge is 0.480 e. The second-order valence-corrected chi connectivity index (χ2v) is 4.81. The molecule has 1 atom stereocenters. The second-order valence-electron chi connectivity index (χ2n) is 4.81. The first kappa shape index (κ1) is 15.0. The van der Waals surface area contributed by atoms with E-state index in [1.807, 2.05) is 0 Å². The summed E-state index contributed by atoms with van der Waals surface area (Å²) in [6, 6.07) is 4.70. The van der Waals surface area contributed by atoms with Gasteiger partial charge in [-0.2, -0.15) is 0 Å². The maximum absolute atomic E-state index is 12.8. The molecule has 1 heterocycles. The van der Waals surface area contributed by atoms with Gasteiger partial charge in [0, 0.05) is 13.0 Å². The van der Waals surface area contributed by atoms with Gasteiger partial charge in [0.05, 0.1) is 0 Å². The summed E-state index contributed by atoms with van der Waals surface area (Å²) in [6.07, 6.45) is 0.437. The lowest BCUT2D eigenvalue weighted by Gasteiger charge is -2.32. The Morgan fingerprint density at radius 3 is 2.62 bits per heavy atom. The van der Waals surface area contributed by atoms with Crippen LogP contribution in [-0.4, -0.2) is 46.9 Å². The molecule has 1 aliphatic rings. The number of aryl methyl sites for hydroxylation is 1. The van der Waals surface area contributed by atoms with Gasteiger partial charge in [-0.05, 0) is 24.1 Å². The number of aliphatic carboxylic acids is 1. The zero-order chi connectivity index (χ0) is 15.4. The average molecular weight is 294 g/mol. The van der Waals surface area contributed by atoms with E-state index in [9.17, 15) is 18.8 Å². The van der Waals surface area contributed by atoms with Crippen LogP contribution in [0.2, 0.25) is 0 Å². The molecule has 1 aromatic rings. The van der Waals surface area contributed by atoms with Crippen molar-refractivity contribution in [3.05, 3.63) is 35.6 Å². The Balaban J connectivity index is 1.98. The number of piperazine rings is 1. The number of nitrogens with zero attached hydrogens (tertiary/aromatic N) is 1. The van der Waals surface area contributed by atoms with Gasteiger partial charge in [-0.25, -0.2) is 9.18 Å². The standard InChI is InChI=1S/C14H15FN2O4/c15-10-4-1-9(2-5-10)3-6-13(19)17-8-12(18)16-7-11(17)14(20)21/h1-2,4-5,11H,3,6-8H2,(H,16,18)(H,20,21). The van der Waals surface area contributed by atoms with Crippen LogP contribution in [0.15, 0.2) is 24.3 Å². The molecule has 0 aromatic heterocycles. The van der Waals surface area contributed by atoms with E-state index in [0.717, 1.165) is 10.5 Å². The van der Waals surface area contributed by atoms with Crippen LogP contribution in [0.5, 0.6) is 0 Å². The molecule has 0 saturated carbocycles. The lowest BCUT2D eigenvalue weighted by Crippen LogP contribution is -2.59. The number of nitrogens with one attached hydrogen (secondary N) is 1. The minimum atomic E-state index is -1.15. The van der Waals surface area contributed by atoms with E-state index in [1.54, 1.807) is 12.1 Å². The molecule has 0 spiro atoms. The van der Waals surface area contributed by atoms with Crippen molar-refractivity contribution in [3.8, 4) is 0 Å². The van der Waals surface area contributed by atoms with E-state index in [-0.39, 0.29) is 31.2 Å². The maximum atomic E-state index is 12.8. The molecule has 21 heavy (non-hydrogen) atoms. The number of rotatable bonds is 4. The number of carboxylic acid groups (broad SMARTS) is 1. The maximum Gasteiger partial charge on any atom is 0.328 e. The number of halogens is 1. The highest BCUT2D eigenvalue weighted by molar-refractivity contribution is 5.91. The summed E-state index contributed by atoms with van der Waals surface area (Å²) in [5, 5.41) is 11.5. The molecule has 0 radical (unpaired) electrons. The number of hydrogen-bond donors (Lipinski definition) is 2. The van der Waals surface area contributed by atoms with Gasteiger partial charge in [0.25, 0.3) is 0 Å². The molecule has 0 aliphatic carbocycles. The van der Waals surface area contributed by atoms with Crippen LogP contribution in [-0.2, 0) is 20.8 Å². The molecule has 112 valence electrons. The van der Waals surface area contributed by atoms with Crippen LogP contribution in [0, 0.1) is 5.82 Å². The third kappa shape index (κ3) is 3.77. The fourth-order valence-corrected chi connectivity index (χ4v) is 2.17. The van der Waals surface area contributed by atoms with Gasteiger partial charge in [-0.15, -0.1) is 0 Å². The summed E-state index contributed by atoms with van der Waals surface area (Å²) in [4.78, 5) is 35.6. The van der Waals surface area contributed by atoms with Crippen molar-refractivity contribution in [2.75, 3.05) is 13.1 Å². The SMILES string of the molecule is O=C1CN(C(=O)CCc2ccc(F)cc2)C(C(=O)O)CN1. The van der Waals surface area contributed by atoms with Gasteiger partial charge in [-0.1, -0.05) is 12.1 Å².